The summed E-state index contributed by atoms with van der Waals surface area (Å²) >= 11 is 0. The van der Waals surface area contributed by atoms with Crippen LogP contribution in [0.3, 0.4) is 0 Å². The van der Waals surface area contributed by atoms with E-state index >= 15 is 0 Å². The Balaban J connectivity index is 1.50. The molecule has 3 aromatic rings. The number of amides is 1. The second kappa shape index (κ2) is 10.7. The molecule has 1 atom stereocenters. The minimum absolute atomic E-state index is 0.136. The van der Waals surface area contributed by atoms with Gasteiger partial charge >= 0.3 is 0 Å². The molecule has 0 bridgehead atoms. The molecule has 1 unspecified atom stereocenters. The van der Waals surface area contributed by atoms with Crippen LogP contribution in [0, 0.1) is 0 Å². The predicted molar refractivity (Wildman–Crippen MR) is 139 cm³/mol. The minimum Gasteiger partial charge on any atom is -0.496 e. The molecular weight excluding hydrogens is 440 g/mol. The quantitative estimate of drug-likeness (QED) is 0.478. The Morgan fingerprint density at radius 3 is 2.57 bits per heavy atom. The normalized spacial score (nSPS) is 14.9. The SMILES string of the molecule is CCC(C)(CNc1cc(-c2ccc(N3CCCC3)nc2)ncn1)c1ccc(C(=O)NC)cc1OC. The summed E-state index contributed by atoms with van der Waals surface area (Å²) in [6.07, 6.45) is 6.79. The molecule has 2 aromatic heterocycles. The highest BCUT2D eigenvalue weighted by Crippen LogP contribution is 2.35. The molecule has 0 radical (unpaired) electrons. The second-order valence-corrected chi connectivity index (χ2v) is 9.15. The number of ether oxygens (including phenoxy) is 1. The van der Waals surface area contributed by atoms with Crippen molar-refractivity contribution in [1.29, 1.82) is 0 Å². The number of carbonyl (C=O) groups excluding carboxylic acids is 1. The average Bonchev–Trinajstić information content (AvgIpc) is 3.46. The number of rotatable bonds is 9. The van der Waals surface area contributed by atoms with E-state index < -0.39 is 0 Å². The highest BCUT2D eigenvalue weighted by atomic mass is 16.5. The van der Waals surface area contributed by atoms with Crippen molar-refractivity contribution in [2.45, 2.75) is 38.5 Å². The number of aromatic nitrogens is 3. The second-order valence-electron chi connectivity index (χ2n) is 9.15. The van der Waals surface area contributed by atoms with Crippen LogP contribution in [0.25, 0.3) is 11.3 Å². The van der Waals surface area contributed by atoms with Crippen LogP contribution in [-0.2, 0) is 5.41 Å². The Hall–Kier alpha value is -3.68. The highest BCUT2D eigenvalue weighted by molar-refractivity contribution is 5.94. The van der Waals surface area contributed by atoms with Gasteiger partial charge in [0.05, 0.1) is 12.8 Å². The van der Waals surface area contributed by atoms with Crippen molar-refractivity contribution in [3.05, 3.63) is 60.0 Å². The molecule has 4 rings (SSSR count). The summed E-state index contributed by atoms with van der Waals surface area (Å²) in [6.45, 7) is 7.11. The summed E-state index contributed by atoms with van der Waals surface area (Å²) in [5.74, 6) is 2.33. The molecule has 1 amide bonds. The molecule has 35 heavy (non-hydrogen) atoms. The highest BCUT2D eigenvalue weighted by Gasteiger charge is 2.29. The first-order valence-electron chi connectivity index (χ1n) is 12.2. The Morgan fingerprint density at radius 2 is 1.91 bits per heavy atom. The Labute approximate surface area is 207 Å². The number of pyridine rings is 1. The largest absolute Gasteiger partial charge is 0.496 e. The summed E-state index contributed by atoms with van der Waals surface area (Å²) in [6, 6.07) is 11.7. The van der Waals surface area contributed by atoms with Crippen molar-refractivity contribution in [3.8, 4) is 17.0 Å². The maximum atomic E-state index is 12.1. The van der Waals surface area contributed by atoms with Gasteiger partial charge in [-0.25, -0.2) is 15.0 Å². The topological polar surface area (TPSA) is 92.3 Å². The molecule has 8 heteroatoms. The van der Waals surface area contributed by atoms with Gasteiger partial charge in [0, 0.05) is 61.1 Å². The zero-order valence-electron chi connectivity index (χ0n) is 21.0. The van der Waals surface area contributed by atoms with Gasteiger partial charge in [0.1, 0.15) is 23.7 Å². The van der Waals surface area contributed by atoms with E-state index in [0.29, 0.717) is 17.9 Å². The van der Waals surface area contributed by atoms with Gasteiger partial charge in [-0.15, -0.1) is 0 Å². The molecule has 1 aliphatic rings. The molecule has 184 valence electrons. The van der Waals surface area contributed by atoms with E-state index in [0.717, 1.165) is 48.0 Å². The number of hydrogen-bond acceptors (Lipinski definition) is 7. The van der Waals surface area contributed by atoms with Gasteiger partial charge in [-0.3, -0.25) is 4.79 Å². The number of nitrogens with one attached hydrogen (secondary N) is 2. The molecule has 2 N–H and O–H groups in total. The van der Waals surface area contributed by atoms with Crippen molar-refractivity contribution < 1.29 is 9.53 Å². The van der Waals surface area contributed by atoms with E-state index in [9.17, 15) is 4.79 Å². The van der Waals surface area contributed by atoms with Gasteiger partial charge in [-0.2, -0.15) is 0 Å². The zero-order valence-corrected chi connectivity index (χ0v) is 21.0. The fraction of sp³-hybridized carbons (Fsp3) is 0.407. The number of methoxy groups -OCH3 is 1. The number of hydrogen-bond donors (Lipinski definition) is 2. The van der Waals surface area contributed by atoms with Crippen LogP contribution in [0.5, 0.6) is 5.75 Å². The van der Waals surface area contributed by atoms with Gasteiger partial charge in [-0.1, -0.05) is 19.9 Å². The predicted octanol–water partition coefficient (Wildman–Crippen LogP) is 4.29. The minimum atomic E-state index is -0.239. The summed E-state index contributed by atoms with van der Waals surface area (Å²) in [7, 11) is 3.26. The third-order valence-electron chi connectivity index (χ3n) is 6.92. The lowest BCUT2D eigenvalue weighted by Gasteiger charge is -2.31. The summed E-state index contributed by atoms with van der Waals surface area (Å²) in [4.78, 5) is 27.9. The molecule has 1 aromatic carbocycles. The monoisotopic (exact) mass is 474 g/mol. The van der Waals surface area contributed by atoms with E-state index in [2.05, 4.69) is 56.5 Å². The first-order chi connectivity index (χ1) is 17.0. The maximum absolute atomic E-state index is 12.1. The van der Waals surface area contributed by atoms with Crippen molar-refractivity contribution >= 4 is 17.5 Å². The van der Waals surface area contributed by atoms with Crippen LogP contribution >= 0.6 is 0 Å². The lowest BCUT2D eigenvalue weighted by Crippen LogP contribution is -2.31. The van der Waals surface area contributed by atoms with Crippen LogP contribution in [0.1, 0.15) is 49.0 Å². The van der Waals surface area contributed by atoms with Crippen LogP contribution < -0.4 is 20.3 Å². The lowest BCUT2D eigenvalue weighted by molar-refractivity contribution is 0.0962. The van der Waals surface area contributed by atoms with Gasteiger partial charge < -0.3 is 20.3 Å². The zero-order chi connectivity index (χ0) is 24.8. The van der Waals surface area contributed by atoms with E-state index in [-0.39, 0.29) is 11.3 Å². The molecule has 0 aliphatic carbocycles. The Bertz CT molecular complexity index is 1160. The first kappa shape index (κ1) is 24.4. The smallest absolute Gasteiger partial charge is 0.251 e. The van der Waals surface area contributed by atoms with E-state index in [1.165, 1.54) is 12.8 Å². The first-order valence-corrected chi connectivity index (χ1v) is 12.2. The Kier molecular flexibility index (Phi) is 7.48. The van der Waals surface area contributed by atoms with Gasteiger partial charge in [0.25, 0.3) is 5.91 Å². The van der Waals surface area contributed by atoms with Crippen LogP contribution in [-0.4, -0.2) is 54.7 Å². The fourth-order valence-corrected chi connectivity index (χ4v) is 4.45. The molecule has 0 spiro atoms. The van der Waals surface area contributed by atoms with E-state index in [1.807, 2.05) is 24.4 Å². The van der Waals surface area contributed by atoms with Crippen LogP contribution in [0.4, 0.5) is 11.6 Å². The number of carbonyl (C=O) groups is 1. The number of nitrogens with zero attached hydrogens (tertiary/aromatic N) is 4. The van der Waals surface area contributed by atoms with E-state index in [1.54, 1.807) is 26.6 Å². The maximum Gasteiger partial charge on any atom is 0.251 e. The van der Waals surface area contributed by atoms with Crippen molar-refractivity contribution in [1.82, 2.24) is 20.3 Å². The Morgan fingerprint density at radius 1 is 1.11 bits per heavy atom. The molecule has 0 saturated carbocycles. The molecular formula is C27H34N6O2. The number of benzene rings is 1. The van der Waals surface area contributed by atoms with Crippen LogP contribution in [0.15, 0.2) is 48.9 Å². The summed E-state index contributed by atoms with van der Waals surface area (Å²) in [5, 5.41) is 6.15. The lowest BCUT2D eigenvalue weighted by atomic mass is 9.79. The van der Waals surface area contributed by atoms with Gasteiger partial charge in [0.15, 0.2) is 0 Å². The standard InChI is InChI=1S/C27H34N6O2/c1-5-27(2,21-10-8-19(26(34)28-3)14-23(21)35-4)17-30-24-15-22(31-18-32-24)20-9-11-25(29-16-20)33-12-6-7-13-33/h8-11,14-16,18H,5-7,12-13,17H2,1-4H3,(H,28,34)(H,30,31,32). The van der Waals surface area contributed by atoms with Crippen molar-refractivity contribution in [3.63, 3.8) is 0 Å². The third-order valence-corrected chi connectivity index (χ3v) is 6.92. The average molecular weight is 475 g/mol. The van der Waals surface area contributed by atoms with Gasteiger partial charge in [-0.05, 0) is 43.5 Å². The van der Waals surface area contributed by atoms with Crippen molar-refractivity contribution in [2.24, 2.45) is 0 Å². The fourth-order valence-electron chi connectivity index (χ4n) is 4.45. The van der Waals surface area contributed by atoms with Crippen LogP contribution in [0.2, 0.25) is 0 Å². The third kappa shape index (κ3) is 5.37. The summed E-state index contributed by atoms with van der Waals surface area (Å²) < 4.78 is 5.66. The van der Waals surface area contributed by atoms with Gasteiger partial charge in [0.2, 0.25) is 0 Å². The molecule has 1 fully saturated rings. The molecule has 8 nitrogen and oxygen atoms in total. The van der Waals surface area contributed by atoms with E-state index in [4.69, 9.17) is 4.74 Å². The van der Waals surface area contributed by atoms with Crippen molar-refractivity contribution in [2.75, 3.05) is 44.0 Å². The molecule has 1 aliphatic heterocycles. The molecule has 3 heterocycles. The number of anilines is 2. The summed E-state index contributed by atoms with van der Waals surface area (Å²) in [5.41, 5.74) is 3.16. The molecule has 1 saturated heterocycles.